The molecule has 0 spiro atoms. The molecule has 9 atom stereocenters. The lowest BCUT2D eigenvalue weighted by atomic mass is 9.91. The van der Waals surface area contributed by atoms with Gasteiger partial charge in [-0.25, -0.2) is 0 Å². The van der Waals surface area contributed by atoms with Crippen molar-refractivity contribution in [1.29, 1.82) is 0 Å². The quantitative estimate of drug-likeness (QED) is 0.0552. The predicted octanol–water partition coefficient (Wildman–Crippen LogP) is -0.000900. The van der Waals surface area contributed by atoms with E-state index in [1.165, 1.54) is 12.4 Å². The summed E-state index contributed by atoms with van der Waals surface area (Å²) in [5.41, 5.74) is 25.1. The van der Waals surface area contributed by atoms with Crippen molar-refractivity contribution in [3.8, 4) is 0 Å². The molecule has 1 saturated heterocycles. The molecule has 1 aromatic heterocycles. The third-order valence-electron chi connectivity index (χ3n) is 13.5. The van der Waals surface area contributed by atoms with Crippen molar-refractivity contribution in [2.45, 2.75) is 172 Å². The fourth-order valence-corrected chi connectivity index (χ4v) is 9.19. The van der Waals surface area contributed by atoms with Gasteiger partial charge in [-0.05, 0) is 100 Å². The minimum Gasteiger partial charge on any atom is -0.393 e. The summed E-state index contributed by atoms with van der Waals surface area (Å²) in [7, 11) is 0. The molecular formula is C55H88N12O10. The molecule has 1 aliphatic heterocycles. The summed E-state index contributed by atoms with van der Waals surface area (Å²) in [4.78, 5) is 131. The number of pyridine rings is 1. The molecule has 0 aliphatic carbocycles. The number of rotatable bonds is 26. The first-order chi connectivity index (χ1) is 36.9. The van der Waals surface area contributed by atoms with Gasteiger partial charge in [0.1, 0.15) is 36.0 Å². The van der Waals surface area contributed by atoms with Crippen LogP contribution in [0.3, 0.4) is 0 Å². The van der Waals surface area contributed by atoms with Gasteiger partial charge in [0.25, 0.3) is 0 Å². The molecule has 2 heterocycles. The number of nitrogens with zero attached hydrogens (tertiary/aromatic N) is 1. The second kappa shape index (κ2) is 36.0. The van der Waals surface area contributed by atoms with Crippen LogP contribution in [-0.2, 0) is 56.0 Å². The van der Waals surface area contributed by atoms with Gasteiger partial charge >= 0.3 is 0 Å². The van der Waals surface area contributed by atoms with Crippen molar-refractivity contribution in [3.05, 3.63) is 66.0 Å². The van der Waals surface area contributed by atoms with E-state index in [4.69, 9.17) is 22.9 Å². The second-order valence-corrected chi connectivity index (χ2v) is 20.5. The van der Waals surface area contributed by atoms with Gasteiger partial charge in [-0.3, -0.25) is 48.1 Å². The lowest BCUT2D eigenvalue weighted by molar-refractivity contribution is -0.136. The maximum absolute atomic E-state index is 14.6. The molecule has 1 fully saturated rings. The van der Waals surface area contributed by atoms with Crippen LogP contribution in [0.2, 0.25) is 0 Å². The molecule has 1 aromatic carbocycles. The van der Waals surface area contributed by atoms with Crippen LogP contribution in [0.4, 0.5) is 0 Å². The number of unbranched alkanes of at least 4 members (excludes halogenated alkanes) is 4. The molecule has 0 bridgehead atoms. The van der Waals surface area contributed by atoms with E-state index in [1.54, 1.807) is 42.5 Å². The van der Waals surface area contributed by atoms with Gasteiger partial charge < -0.3 is 65.3 Å². The molecule has 3 rings (SSSR count). The topological polar surface area (TPSA) is 375 Å². The summed E-state index contributed by atoms with van der Waals surface area (Å²) in [5, 5.41) is 29.9. The van der Waals surface area contributed by atoms with Crippen LogP contribution in [0.5, 0.6) is 0 Å². The fraction of sp³-hybridized carbons (Fsp3) is 0.636. The minimum absolute atomic E-state index is 0.0219. The molecule has 16 N–H and O–H groups in total. The van der Waals surface area contributed by atoms with Gasteiger partial charge in [0.15, 0.2) is 5.78 Å². The number of aliphatic hydroxyl groups excluding tert-OH is 1. The highest BCUT2D eigenvalue weighted by Crippen LogP contribution is 2.19. The van der Waals surface area contributed by atoms with Crippen LogP contribution in [0.25, 0.3) is 0 Å². The van der Waals surface area contributed by atoms with Crippen molar-refractivity contribution < 1.29 is 48.3 Å². The highest BCUT2D eigenvalue weighted by molar-refractivity contribution is 5.98. The Morgan fingerprint density at radius 2 is 1.17 bits per heavy atom. The normalized spacial score (nSPS) is 22.6. The first-order valence-electron chi connectivity index (χ1n) is 27.5. The number of aliphatic hydroxyl groups is 1. The minimum atomic E-state index is -1.35. The number of carbonyl (C=O) groups excluding carboxylic acids is 9. The zero-order valence-electron chi connectivity index (χ0n) is 45.4. The van der Waals surface area contributed by atoms with E-state index in [1.807, 2.05) is 13.8 Å². The van der Waals surface area contributed by atoms with E-state index in [0.717, 1.165) is 32.1 Å². The summed E-state index contributed by atoms with van der Waals surface area (Å²) >= 11 is 0. The van der Waals surface area contributed by atoms with Gasteiger partial charge in [0, 0.05) is 62.9 Å². The SMILES string of the molecule is CCCCCCC[C@@H](O)CC(=O)C[C@H](CCN)C(=O)N[C@H]1CCNC(=O)[C@H](Cc2ccncc2)NC(=O)[C@H](CCN)NC(=O)[C@H](CCN)NC(=O)[C@H](CC(C)C)NC(=O)[C@@H](Cc2ccccc2)NC(=O)[C@H](CCN)CC1=O. The van der Waals surface area contributed by atoms with E-state index in [9.17, 15) is 48.3 Å². The first kappa shape index (κ1) is 65.1. The Morgan fingerprint density at radius 3 is 1.75 bits per heavy atom. The zero-order valence-corrected chi connectivity index (χ0v) is 45.4. The number of nitrogens with one attached hydrogen (secondary N) is 7. The summed E-state index contributed by atoms with van der Waals surface area (Å²) in [6, 6.07) is 4.42. The molecule has 1 aliphatic rings. The largest absolute Gasteiger partial charge is 0.393 e. The lowest BCUT2D eigenvalue weighted by Crippen LogP contribution is -2.60. The molecule has 2 aromatic rings. The molecule has 77 heavy (non-hydrogen) atoms. The van der Waals surface area contributed by atoms with E-state index < -0.39 is 108 Å². The highest BCUT2D eigenvalue weighted by atomic mass is 16.3. The highest BCUT2D eigenvalue weighted by Gasteiger charge is 2.36. The van der Waals surface area contributed by atoms with Gasteiger partial charge in [-0.15, -0.1) is 0 Å². The van der Waals surface area contributed by atoms with Crippen molar-refractivity contribution in [3.63, 3.8) is 0 Å². The van der Waals surface area contributed by atoms with Gasteiger partial charge in [0.2, 0.25) is 41.4 Å². The number of aromatic nitrogens is 1. The van der Waals surface area contributed by atoms with Crippen molar-refractivity contribution in [2.75, 3.05) is 32.7 Å². The van der Waals surface area contributed by atoms with Gasteiger partial charge in [-0.2, -0.15) is 0 Å². The maximum atomic E-state index is 14.6. The van der Waals surface area contributed by atoms with Crippen LogP contribution in [0, 0.1) is 17.8 Å². The number of ketones is 2. The van der Waals surface area contributed by atoms with Crippen LogP contribution < -0.4 is 60.2 Å². The number of Topliss-reactive ketones (excluding diaryl/α,β-unsaturated/α-hetero) is 2. The number of amides is 7. The maximum Gasteiger partial charge on any atom is 0.243 e. The number of nitrogens with two attached hydrogens (primary N) is 4. The van der Waals surface area contributed by atoms with Crippen molar-refractivity contribution in [2.24, 2.45) is 40.7 Å². The van der Waals surface area contributed by atoms with E-state index >= 15 is 0 Å². The number of hydrogen-bond acceptors (Lipinski definition) is 15. The average Bonchev–Trinajstić information content (AvgIpc) is 3.39. The first-order valence-corrected chi connectivity index (χ1v) is 27.5. The second-order valence-electron chi connectivity index (χ2n) is 20.5. The van der Waals surface area contributed by atoms with Crippen LogP contribution in [-0.4, -0.2) is 138 Å². The smallest absolute Gasteiger partial charge is 0.243 e. The molecule has 0 radical (unpaired) electrons. The Morgan fingerprint density at radius 1 is 0.636 bits per heavy atom. The summed E-state index contributed by atoms with van der Waals surface area (Å²) in [5.74, 6) is -8.35. The third-order valence-corrected chi connectivity index (χ3v) is 13.5. The van der Waals surface area contributed by atoms with Crippen LogP contribution in [0.15, 0.2) is 54.9 Å². The molecule has 22 nitrogen and oxygen atoms in total. The number of benzene rings is 1. The summed E-state index contributed by atoms with van der Waals surface area (Å²) < 4.78 is 0. The van der Waals surface area contributed by atoms with Crippen LogP contribution >= 0.6 is 0 Å². The summed E-state index contributed by atoms with van der Waals surface area (Å²) in [6.07, 6.45) is 6.27. The Kier molecular flexibility index (Phi) is 30.4. The Hall–Kier alpha value is -6.20. The molecule has 7 amide bonds. The molecule has 0 unspecified atom stereocenters. The van der Waals surface area contributed by atoms with Gasteiger partial charge in [0.05, 0.1) is 12.1 Å². The van der Waals surface area contributed by atoms with Crippen LogP contribution in [0.1, 0.15) is 128 Å². The lowest BCUT2D eigenvalue weighted by Gasteiger charge is -2.28. The zero-order chi connectivity index (χ0) is 56.7. The molecule has 22 heteroatoms. The molecule has 428 valence electrons. The Balaban J connectivity index is 2.11. The number of hydrogen-bond donors (Lipinski definition) is 12. The predicted molar refractivity (Wildman–Crippen MR) is 292 cm³/mol. The van der Waals surface area contributed by atoms with E-state index in [2.05, 4.69) is 49.1 Å². The standard InChI is InChI=1S/C55H88N12O10/c1-4-5-6-7-11-14-40(68)34-41(69)32-38(15-22-56)49(71)62-42-21-28-61-51(73)46(31-37-19-26-60-27-20-37)67-53(75)44(18-25-59)63-52(74)43(17-24-58)64-54(76)45(29-35(2)3)66-55(77)47(30-36-12-9-8-10-13-36)65-50(72)39(16-23-57)33-48(42)70/h8-10,12-13,19-20,26-27,35,38-40,42-47,68H,4-7,11,14-18,21-25,28-34,56-59H2,1-3H3,(H,61,73)(H,62,71)(H,63,74)(H,64,76)(H,65,72)(H,66,77)(H,67,75)/t38-,39+,40+,42-,43-,44-,45-,46-,47+/m0/s1. The monoisotopic (exact) mass is 1080 g/mol. The van der Waals surface area contributed by atoms with E-state index in [0.29, 0.717) is 17.5 Å². The van der Waals surface area contributed by atoms with Crippen molar-refractivity contribution >= 4 is 52.9 Å². The molecular weight excluding hydrogens is 989 g/mol. The number of carbonyl (C=O) groups is 9. The van der Waals surface area contributed by atoms with Crippen molar-refractivity contribution in [1.82, 2.24) is 42.2 Å². The van der Waals surface area contributed by atoms with E-state index in [-0.39, 0.29) is 109 Å². The molecule has 0 saturated carbocycles. The Bertz CT molecular complexity index is 2170. The Labute approximate surface area is 453 Å². The average molecular weight is 1080 g/mol. The van der Waals surface area contributed by atoms with Gasteiger partial charge in [-0.1, -0.05) is 83.2 Å². The fourth-order valence-electron chi connectivity index (χ4n) is 9.19. The third kappa shape index (κ3) is 24.3. The summed E-state index contributed by atoms with van der Waals surface area (Å²) in [6.45, 7) is 5.39.